The number of carbonyl (C=O) groups excluding carboxylic acids is 1. The van der Waals surface area contributed by atoms with Gasteiger partial charge in [-0.2, -0.15) is 0 Å². The predicted molar refractivity (Wildman–Crippen MR) is 79.2 cm³/mol. The van der Waals surface area contributed by atoms with Crippen molar-refractivity contribution >= 4 is 34.6 Å². The first-order chi connectivity index (χ1) is 9.61. The maximum absolute atomic E-state index is 12.0. The van der Waals surface area contributed by atoms with Crippen molar-refractivity contribution < 1.29 is 14.7 Å². The first kappa shape index (κ1) is 14.7. The molecule has 7 heteroatoms. The van der Waals surface area contributed by atoms with Gasteiger partial charge in [0.05, 0.1) is 4.88 Å². The van der Waals surface area contributed by atoms with Gasteiger partial charge in [0.2, 0.25) is 0 Å². The Morgan fingerprint density at radius 2 is 2.25 bits per heavy atom. The Morgan fingerprint density at radius 3 is 2.85 bits per heavy atom. The summed E-state index contributed by atoms with van der Waals surface area (Å²) in [5.74, 6) is -1.46. The highest BCUT2D eigenvalue weighted by Gasteiger charge is 2.21. The number of aromatic nitrogens is 1. The van der Waals surface area contributed by atoms with Gasteiger partial charge < -0.3 is 10.4 Å². The van der Waals surface area contributed by atoms with Crippen molar-refractivity contribution in [3.05, 3.63) is 28.6 Å². The number of aliphatic carboxylic acids is 1. The Morgan fingerprint density at radius 1 is 1.45 bits per heavy atom. The van der Waals surface area contributed by atoms with Crippen LogP contribution in [-0.4, -0.2) is 28.0 Å². The monoisotopic (exact) mass is 310 g/mol. The highest BCUT2D eigenvalue weighted by Crippen LogP contribution is 2.27. The summed E-state index contributed by atoms with van der Waals surface area (Å²) in [4.78, 5) is 28.3. The molecule has 1 amide bonds. The number of thiophene rings is 1. The van der Waals surface area contributed by atoms with E-state index in [1.54, 1.807) is 16.7 Å². The van der Waals surface area contributed by atoms with Gasteiger partial charge in [-0.05, 0) is 17.9 Å². The minimum Gasteiger partial charge on any atom is -0.480 e. The largest absolute Gasteiger partial charge is 0.480 e. The zero-order valence-corrected chi connectivity index (χ0v) is 12.5. The SMILES string of the molecule is CCCC(NC(=O)c1csc(-c2cccs2)n1)C(=O)O. The Kier molecular flexibility index (Phi) is 4.86. The van der Waals surface area contributed by atoms with Gasteiger partial charge in [0.15, 0.2) is 0 Å². The van der Waals surface area contributed by atoms with Gasteiger partial charge in [-0.3, -0.25) is 4.79 Å². The summed E-state index contributed by atoms with van der Waals surface area (Å²) in [6.07, 6.45) is 1.09. The van der Waals surface area contributed by atoms with Crippen molar-refractivity contribution in [2.24, 2.45) is 0 Å². The molecule has 0 aliphatic rings. The van der Waals surface area contributed by atoms with E-state index in [9.17, 15) is 9.59 Å². The average Bonchev–Trinajstić information content (AvgIpc) is 3.08. The summed E-state index contributed by atoms with van der Waals surface area (Å²) in [6.45, 7) is 1.87. The molecule has 0 saturated heterocycles. The molecule has 2 aromatic heterocycles. The molecule has 106 valence electrons. The summed E-state index contributed by atoms with van der Waals surface area (Å²) in [7, 11) is 0. The number of hydrogen-bond acceptors (Lipinski definition) is 5. The molecule has 2 aromatic rings. The Hall–Kier alpha value is -1.73. The topological polar surface area (TPSA) is 79.3 Å². The van der Waals surface area contributed by atoms with Crippen LogP contribution in [0.15, 0.2) is 22.9 Å². The van der Waals surface area contributed by atoms with Crippen molar-refractivity contribution in [3.8, 4) is 9.88 Å². The number of nitrogens with zero attached hydrogens (tertiary/aromatic N) is 1. The van der Waals surface area contributed by atoms with Crippen LogP contribution in [-0.2, 0) is 4.79 Å². The predicted octanol–water partition coefficient (Wildman–Crippen LogP) is 2.85. The standard InChI is InChI=1S/C13H14N2O3S2/c1-2-4-8(13(17)18)14-11(16)9-7-20-12(15-9)10-5-3-6-19-10/h3,5-8H,2,4H2,1H3,(H,14,16)(H,17,18). The highest BCUT2D eigenvalue weighted by atomic mass is 32.1. The first-order valence-electron chi connectivity index (χ1n) is 6.15. The summed E-state index contributed by atoms with van der Waals surface area (Å²) in [6, 6.07) is 2.99. The summed E-state index contributed by atoms with van der Waals surface area (Å²) in [5, 5.41) is 15.9. The second kappa shape index (κ2) is 6.62. The molecule has 2 N–H and O–H groups in total. The minimum absolute atomic E-state index is 0.265. The quantitative estimate of drug-likeness (QED) is 0.860. The van der Waals surface area contributed by atoms with Crippen molar-refractivity contribution in [3.63, 3.8) is 0 Å². The third-order valence-electron chi connectivity index (χ3n) is 2.65. The van der Waals surface area contributed by atoms with Crippen LogP contribution in [0.2, 0.25) is 0 Å². The Bertz CT molecular complexity index is 593. The number of rotatable bonds is 6. The lowest BCUT2D eigenvalue weighted by Crippen LogP contribution is -2.40. The van der Waals surface area contributed by atoms with E-state index in [4.69, 9.17) is 5.11 Å². The fourth-order valence-electron chi connectivity index (χ4n) is 1.67. The van der Waals surface area contributed by atoms with Crippen molar-refractivity contribution in [2.45, 2.75) is 25.8 Å². The summed E-state index contributed by atoms with van der Waals surface area (Å²) < 4.78 is 0. The van der Waals surface area contributed by atoms with Crippen LogP contribution < -0.4 is 5.32 Å². The zero-order valence-electron chi connectivity index (χ0n) is 10.8. The van der Waals surface area contributed by atoms with Gasteiger partial charge in [0.25, 0.3) is 5.91 Å². The molecular formula is C13H14N2O3S2. The molecule has 2 rings (SSSR count). The van der Waals surface area contributed by atoms with E-state index in [-0.39, 0.29) is 5.69 Å². The number of hydrogen-bond donors (Lipinski definition) is 2. The molecule has 0 radical (unpaired) electrons. The summed E-state index contributed by atoms with van der Waals surface area (Å²) in [5.41, 5.74) is 0.265. The van der Waals surface area contributed by atoms with Gasteiger partial charge in [0.1, 0.15) is 16.7 Å². The number of amides is 1. The third kappa shape index (κ3) is 3.43. The molecule has 1 atom stereocenters. The van der Waals surface area contributed by atoms with Gasteiger partial charge in [-0.15, -0.1) is 22.7 Å². The number of thiazole rings is 1. The highest BCUT2D eigenvalue weighted by molar-refractivity contribution is 7.20. The van der Waals surface area contributed by atoms with E-state index in [2.05, 4.69) is 10.3 Å². The van der Waals surface area contributed by atoms with Crippen LogP contribution in [0.1, 0.15) is 30.3 Å². The second-order valence-corrected chi connectivity index (χ2v) is 5.97. The van der Waals surface area contributed by atoms with Gasteiger partial charge >= 0.3 is 5.97 Å². The normalized spacial score (nSPS) is 12.1. The lowest BCUT2D eigenvalue weighted by Gasteiger charge is -2.12. The summed E-state index contributed by atoms with van der Waals surface area (Å²) >= 11 is 2.93. The Balaban J connectivity index is 2.08. The van der Waals surface area contributed by atoms with Crippen molar-refractivity contribution in [1.29, 1.82) is 0 Å². The van der Waals surface area contributed by atoms with E-state index in [1.807, 2.05) is 24.4 Å². The van der Waals surface area contributed by atoms with Gasteiger partial charge in [0, 0.05) is 5.38 Å². The van der Waals surface area contributed by atoms with Crippen molar-refractivity contribution in [1.82, 2.24) is 10.3 Å². The fourth-order valence-corrected chi connectivity index (χ4v) is 3.28. The smallest absolute Gasteiger partial charge is 0.326 e. The molecule has 5 nitrogen and oxygen atoms in total. The molecule has 0 saturated carbocycles. The van der Waals surface area contributed by atoms with E-state index in [0.29, 0.717) is 12.8 Å². The molecule has 0 aliphatic carbocycles. The molecule has 0 fully saturated rings. The van der Waals surface area contributed by atoms with Crippen LogP contribution in [0.5, 0.6) is 0 Å². The first-order valence-corrected chi connectivity index (χ1v) is 7.90. The molecular weight excluding hydrogens is 296 g/mol. The lowest BCUT2D eigenvalue weighted by atomic mass is 10.1. The molecule has 20 heavy (non-hydrogen) atoms. The van der Waals surface area contributed by atoms with Crippen LogP contribution in [0.4, 0.5) is 0 Å². The van der Waals surface area contributed by atoms with E-state index in [0.717, 1.165) is 9.88 Å². The molecule has 0 bridgehead atoms. The Labute approximate surface area is 124 Å². The fraction of sp³-hybridized carbons (Fsp3) is 0.308. The van der Waals surface area contributed by atoms with Crippen LogP contribution in [0.25, 0.3) is 9.88 Å². The molecule has 0 aromatic carbocycles. The van der Waals surface area contributed by atoms with Gasteiger partial charge in [-0.25, -0.2) is 9.78 Å². The number of carboxylic acid groups (broad SMARTS) is 1. The third-order valence-corrected chi connectivity index (χ3v) is 4.53. The van der Waals surface area contributed by atoms with Crippen LogP contribution >= 0.6 is 22.7 Å². The maximum atomic E-state index is 12.0. The number of nitrogens with one attached hydrogen (secondary N) is 1. The number of carboxylic acids is 1. The van der Waals surface area contributed by atoms with Crippen LogP contribution in [0.3, 0.4) is 0 Å². The zero-order chi connectivity index (χ0) is 14.5. The van der Waals surface area contributed by atoms with Crippen molar-refractivity contribution in [2.75, 3.05) is 0 Å². The van der Waals surface area contributed by atoms with E-state index < -0.39 is 17.9 Å². The van der Waals surface area contributed by atoms with E-state index in [1.165, 1.54) is 11.3 Å². The van der Waals surface area contributed by atoms with Gasteiger partial charge in [-0.1, -0.05) is 19.4 Å². The molecule has 2 heterocycles. The number of carbonyl (C=O) groups is 2. The van der Waals surface area contributed by atoms with Crippen LogP contribution in [0, 0.1) is 0 Å². The molecule has 0 spiro atoms. The maximum Gasteiger partial charge on any atom is 0.326 e. The van der Waals surface area contributed by atoms with E-state index >= 15 is 0 Å². The molecule has 0 aliphatic heterocycles. The minimum atomic E-state index is -1.02. The molecule has 1 unspecified atom stereocenters. The second-order valence-electron chi connectivity index (χ2n) is 4.17. The average molecular weight is 310 g/mol. The lowest BCUT2D eigenvalue weighted by molar-refractivity contribution is -0.139.